The molecule has 0 aliphatic carbocycles. The number of aromatic amines is 1. The Morgan fingerprint density at radius 3 is 2.76 bits per heavy atom. The minimum atomic E-state index is -4.55. The third-order valence-corrected chi connectivity index (χ3v) is 4.56. The van der Waals surface area contributed by atoms with Crippen molar-refractivity contribution in [1.82, 2.24) is 4.98 Å². The number of nitrogens with zero attached hydrogens (tertiary/aromatic N) is 1. The average molecular weight is 364 g/mol. The number of carbonyl (C=O) groups is 1. The summed E-state index contributed by atoms with van der Waals surface area (Å²) in [6.45, 7) is 1.70. The predicted octanol–water partition coefficient (Wildman–Crippen LogP) is 4.96. The lowest BCUT2D eigenvalue weighted by molar-refractivity contribution is -0.133. The number of nitriles is 1. The Labute approximate surface area is 144 Å². The molecule has 2 heterocycles. The Morgan fingerprint density at radius 2 is 2.12 bits per heavy atom. The molecule has 128 valence electrons. The van der Waals surface area contributed by atoms with Gasteiger partial charge in [-0.3, -0.25) is 0 Å². The number of benzene rings is 1. The fourth-order valence-electron chi connectivity index (χ4n) is 2.62. The highest BCUT2D eigenvalue weighted by atomic mass is 32.1. The molecule has 25 heavy (non-hydrogen) atoms. The SMILES string of the molecule is CCOC(=O)c1[nH]c2ccc(C#N)cc2c1-c1ccsc1C(F)(F)F. The lowest BCUT2D eigenvalue weighted by Crippen LogP contribution is -2.08. The number of hydrogen-bond acceptors (Lipinski definition) is 4. The van der Waals surface area contributed by atoms with E-state index < -0.39 is 17.0 Å². The van der Waals surface area contributed by atoms with Crippen molar-refractivity contribution in [1.29, 1.82) is 5.26 Å². The molecule has 1 aromatic carbocycles. The first-order valence-corrected chi connectivity index (χ1v) is 8.12. The van der Waals surface area contributed by atoms with Gasteiger partial charge in [-0.05, 0) is 36.6 Å². The first-order chi connectivity index (χ1) is 11.9. The van der Waals surface area contributed by atoms with Gasteiger partial charge in [0.1, 0.15) is 10.6 Å². The van der Waals surface area contributed by atoms with Crippen LogP contribution >= 0.6 is 11.3 Å². The Bertz CT molecular complexity index is 996. The zero-order chi connectivity index (χ0) is 18.2. The van der Waals surface area contributed by atoms with Crippen LogP contribution < -0.4 is 0 Å². The number of carbonyl (C=O) groups excluding carboxylic acids is 1. The third kappa shape index (κ3) is 2.98. The van der Waals surface area contributed by atoms with Crippen LogP contribution in [0.15, 0.2) is 29.6 Å². The number of fused-ring (bicyclic) bond motifs is 1. The summed E-state index contributed by atoms with van der Waals surface area (Å²) in [4.78, 5) is 14.3. The number of ether oxygens (including phenoxy) is 1. The van der Waals surface area contributed by atoms with Crippen LogP contribution in [0.25, 0.3) is 22.0 Å². The van der Waals surface area contributed by atoms with Crippen molar-refractivity contribution in [2.75, 3.05) is 6.61 Å². The van der Waals surface area contributed by atoms with Crippen molar-refractivity contribution >= 4 is 28.2 Å². The maximum absolute atomic E-state index is 13.3. The van der Waals surface area contributed by atoms with Gasteiger partial charge < -0.3 is 9.72 Å². The second kappa shape index (κ2) is 6.26. The van der Waals surface area contributed by atoms with Gasteiger partial charge in [0.05, 0.1) is 18.2 Å². The normalized spacial score (nSPS) is 11.5. The summed E-state index contributed by atoms with van der Waals surface area (Å²) in [7, 11) is 0. The zero-order valence-corrected chi connectivity index (χ0v) is 13.7. The molecule has 0 atom stereocenters. The van der Waals surface area contributed by atoms with Gasteiger partial charge in [-0.2, -0.15) is 18.4 Å². The van der Waals surface area contributed by atoms with Gasteiger partial charge in [0.25, 0.3) is 0 Å². The number of hydrogen-bond donors (Lipinski definition) is 1. The molecular formula is C17H11F3N2O2S. The minimum absolute atomic E-state index is 0.0594. The molecule has 2 aromatic heterocycles. The molecule has 0 amide bonds. The number of aromatic nitrogens is 1. The van der Waals surface area contributed by atoms with Gasteiger partial charge in [-0.15, -0.1) is 11.3 Å². The molecule has 3 aromatic rings. The van der Waals surface area contributed by atoms with E-state index in [-0.39, 0.29) is 29.0 Å². The fourth-order valence-corrected chi connectivity index (χ4v) is 3.39. The van der Waals surface area contributed by atoms with Crippen LogP contribution in [-0.2, 0) is 10.9 Å². The summed E-state index contributed by atoms with van der Waals surface area (Å²) in [5, 5.41) is 10.8. The molecule has 1 N–H and O–H groups in total. The van der Waals surface area contributed by atoms with E-state index in [4.69, 9.17) is 10.00 Å². The number of nitrogens with one attached hydrogen (secondary N) is 1. The largest absolute Gasteiger partial charge is 0.461 e. The molecular weight excluding hydrogens is 353 g/mol. The number of esters is 1. The molecule has 0 bridgehead atoms. The van der Waals surface area contributed by atoms with Crippen molar-refractivity contribution in [3.05, 3.63) is 45.8 Å². The molecule has 0 radical (unpaired) electrons. The summed E-state index contributed by atoms with van der Waals surface area (Å²) in [6, 6.07) is 7.81. The van der Waals surface area contributed by atoms with Crippen molar-refractivity contribution in [3.8, 4) is 17.2 Å². The molecule has 0 spiro atoms. The van der Waals surface area contributed by atoms with Crippen molar-refractivity contribution in [3.63, 3.8) is 0 Å². The molecule has 0 saturated heterocycles. The van der Waals surface area contributed by atoms with Crippen LogP contribution in [0.3, 0.4) is 0 Å². The van der Waals surface area contributed by atoms with Gasteiger partial charge in [0.2, 0.25) is 0 Å². The van der Waals surface area contributed by atoms with Crippen LogP contribution in [-0.4, -0.2) is 17.6 Å². The Kier molecular flexibility index (Phi) is 4.27. The second-order valence-electron chi connectivity index (χ2n) is 5.13. The van der Waals surface area contributed by atoms with Crippen molar-refractivity contribution in [2.45, 2.75) is 13.1 Å². The Morgan fingerprint density at radius 1 is 1.36 bits per heavy atom. The van der Waals surface area contributed by atoms with Gasteiger partial charge >= 0.3 is 12.1 Å². The minimum Gasteiger partial charge on any atom is -0.461 e. The summed E-state index contributed by atoms with van der Waals surface area (Å²) in [6.07, 6.45) is -4.55. The predicted molar refractivity (Wildman–Crippen MR) is 87.3 cm³/mol. The van der Waals surface area contributed by atoms with Crippen LogP contribution in [0.2, 0.25) is 0 Å². The molecule has 4 nitrogen and oxygen atoms in total. The first kappa shape index (κ1) is 17.0. The quantitative estimate of drug-likeness (QED) is 0.668. The van der Waals surface area contributed by atoms with Gasteiger partial charge in [-0.25, -0.2) is 4.79 Å². The topological polar surface area (TPSA) is 65.9 Å². The highest BCUT2D eigenvalue weighted by molar-refractivity contribution is 7.10. The van der Waals surface area contributed by atoms with E-state index in [0.29, 0.717) is 22.2 Å². The summed E-state index contributed by atoms with van der Waals surface area (Å²) in [5.74, 6) is -0.744. The van der Waals surface area contributed by atoms with Gasteiger partial charge in [0, 0.05) is 22.0 Å². The third-order valence-electron chi connectivity index (χ3n) is 3.60. The molecule has 3 rings (SSSR count). The second-order valence-corrected chi connectivity index (χ2v) is 6.04. The lowest BCUT2D eigenvalue weighted by atomic mass is 10.0. The smallest absolute Gasteiger partial charge is 0.426 e. The average Bonchev–Trinajstić information content (AvgIpc) is 3.17. The molecule has 0 aliphatic rings. The monoisotopic (exact) mass is 364 g/mol. The molecule has 0 saturated carbocycles. The number of halogens is 3. The van der Waals surface area contributed by atoms with Crippen LogP contribution in [0, 0.1) is 11.3 Å². The number of rotatable bonds is 3. The Hall–Kier alpha value is -2.79. The summed E-state index contributed by atoms with van der Waals surface area (Å²) < 4.78 is 45.0. The number of alkyl halides is 3. The van der Waals surface area contributed by atoms with E-state index in [1.807, 2.05) is 6.07 Å². The zero-order valence-electron chi connectivity index (χ0n) is 12.9. The van der Waals surface area contributed by atoms with Gasteiger partial charge in [0.15, 0.2) is 0 Å². The highest BCUT2D eigenvalue weighted by Gasteiger charge is 2.37. The van der Waals surface area contributed by atoms with Crippen molar-refractivity contribution < 1.29 is 22.7 Å². The van der Waals surface area contributed by atoms with E-state index >= 15 is 0 Å². The lowest BCUT2D eigenvalue weighted by Gasteiger charge is -2.09. The van der Waals surface area contributed by atoms with Gasteiger partial charge in [-0.1, -0.05) is 0 Å². The van der Waals surface area contributed by atoms with Crippen LogP contribution in [0.4, 0.5) is 13.2 Å². The van der Waals surface area contributed by atoms with E-state index in [1.165, 1.54) is 23.6 Å². The maximum Gasteiger partial charge on any atom is 0.426 e. The number of thiophene rings is 1. The molecule has 8 heteroatoms. The maximum atomic E-state index is 13.3. The van der Waals surface area contributed by atoms with E-state index in [2.05, 4.69) is 4.98 Å². The summed E-state index contributed by atoms with van der Waals surface area (Å²) >= 11 is 0.551. The number of H-pyrrole nitrogens is 1. The fraction of sp³-hybridized carbons (Fsp3) is 0.176. The van der Waals surface area contributed by atoms with E-state index in [9.17, 15) is 18.0 Å². The van der Waals surface area contributed by atoms with Crippen LogP contribution in [0.1, 0.15) is 27.9 Å². The molecule has 0 fully saturated rings. The van der Waals surface area contributed by atoms with E-state index in [1.54, 1.807) is 13.0 Å². The highest BCUT2D eigenvalue weighted by Crippen LogP contribution is 2.44. The summed E-state index contributed by atoms with van der Waals surface area (Å²) in [5.41, 5.74) is 0.667. The van der Waals surface area contributed by atoms with E-state index in [0.717, 1.165) is 0 Å². The first-order valence-electron chi connectivity index (χ1n) is 7.24. The van der Waals surface area contributed by atoms with Crippen LogP contribution in [0.5, 0.6) is 0 Å². The standard InChI is InChI=1S/C17H11F3N2O2S/c1-2-24-16(23)14-13(10-5-6-25-15(10)17(18,19)20)11-7-9(8-21)3-4-12(11)22-14/h3-7,22H,2H2,1H3. The van der Waals surface area contributed by atoms with Crippen molar-refractivity contribution in [2.24, 2.45) is 0 Å². The molecule has 0 aliphatic heterocycles. The molecule has 0 unspecified atom stereocenters. The Balaban J connectivity index is 2.35.